The molecular weight excluding hydrogens is 462 g/mol. The number of aryl methyl sites for hydroxylation is 1. The van der Waals surface area contributed by atoms with Crippen LogP contribution in [0, 0.1) is 17.0 Å². The number of ether oxygens (including phenoxy) is 1. The van der Waals surface area contributed by atoms with E-state index >= 15 is 0 Å². The number of nitro benzene ring substituents is 1. The summed E-state index contributed by atoms with van der Waals surface area (Å²) in [5, 5.41) is 22.7. The lowest BCUT2D eigenvalue weighted by Crippen LogP contribution is -2.29. The summed E-state index contributed by atoms with van der Waals surface area (Å²) < 4.78 is 5.70. The SMILES string of the molecule is CCCOc1ccc(C(O)=C2C(=O)C(=O)N(Cc3cccnc3)[C@H]2c2cccc([N+](=O)[O-])c2)cc1C. The van der Waals surface area contributed by atoms with Crippen molar-refractivity contribution in [1.29, 1.82) is 0 Å². The van der Waals surface area contributed by atoms with Crippen molar-refractivity contribution >= 4 is 23.1 Å². The molecule has 184 valence electrons. The van der Waals surface area contributed by atoms with Gasteiger partial charge >= 0.3 is 0 Å². The first-order chi connectivity index (χ1) is 17.3. The van der Waals surface area contributed by atoms with E-state index in [4.69, 9.17) is 4.74 Å². The summed E-state index contributed by atoms with van der Waals surface area (Å²) in [5.41, 5.74) is 1.78. The highest BCUT2D eigenvalue weighted by Gasteiger charge is 2.46. The lowest BCUT2D eigenvalue weighted by atomic mass is 9.94. The molecule has 1 fully saturated rings. The van der Waals surface area contributed by atoms with Crippen LogP contribution in [0.3, 0.4) is 0 Å². The number of rotatable bonds is 8. The van der Waals surface area contributed by atoms with Crippen LogP contribution in [-0.2, 0) is 16.1 Å². The van der Waals surface area contributed by atoms with Gasteiger partial charge in [0.2, 0.25) is 0 Å². The molecule has 1 amide bonds. The molecule has 2 aromatic carbocycles. The molecule has 0 radical (unpaired) electrons. The lowest BCUT2D eigenvalue weighted by molar-refractivity contribution is -0.384. The second kappa shape index (κ2) is 10.4. The van der Waals surface area contributed by atoms with Gasteiger partial charge < -0.3 is 14.7 Å². The maximum Gasteiger partial charge on any atom is 0.295 e. The number of carbonyl (C=O) groups excluding carboxylic acids is 2. The highest BCUT2D eigenvalue weighted by molar-refractivity contribution is 6.46. The summed E-state index contributed by atoms with van der Waals surface area (Å²) in [6.07, 6.45) is 4.00. The van der Waals surface area contributed by atoms with Gasteiger partial charge in [-0.1, -0.05) is 25.1 Å². The van der Waals surface area contributed by atoms with E-state index in [9.17, 15) is 24.8 Å². The van der Waals surface area contributed by atoms with Gasteiger partial charge in [0.25, 0.3) is 17.4 Å². The van der Waals surface area contributed by atoms with Gasteiger partial charge in [-0.2, -0.15) is 0 Å². The Morgan fingerprint density at radius 2 is 1.97 bits per heavy atom. The maximum atomic E-state index is 13.2. The number of carbonyl (C=O) groups is 2. The van der Waals surface area contributed by atoms with Crippen molar-refractivity contribution in [3.8, 4) is 5.75 Å². The largest absolute Gasteiger partial charge is 0.507 e. The average molecular weight is 488 g/mol. The highest BCUT2D eigenvalue weighted by atomic mass is 16.6. The molecule has 0 bridgehead atoms. The van der Waals surface area contributed by atoms with Gasteiger partial charge in [-0.3, -0.25) is 24.7 Å². The van der Waals surface area contributed by atoms with Crippen LogP contribution in [0.5, 0.6) is 5.75 Å². The van der Waals surface area contributed by atoms with Gasteiger partial charge in [-0.05, 0) is 54.3 Å². The van der Waals surface area contributed by atoms with Crippen LogP contribution in [0.2, 0.25) is 0 Å². The van der Waals surface area contributed by atoms with Crippen LogP contribution < -0.4 is 4.74 Å². The molecule has 1 aliphatic heterocycles. The highest BCUT2D eigenvalue weighted by Crippen LogP contribution is 2.41. The van der Waals surface area contributed by atoms with Crippen molar-refractivity contribution in [3.63, 3.8) is 0 Å². The minimum absolute atomic E-state index is 0.0331. The van der Waals surface area contributed by atoms with E-state index in [-0.39, 0.29) is 23.6 Å². The van der Waals surface area contributed by atoms with Crippen molar-refractivity contribution in [2.24, 2.45) is 0 Å². The Labute approximate surface area is 207 Å². The summed E-state index contributed by atoms with van der Waals surface area (Å²) >= 11 is 0. The Hall–Kier alpha value is -4.53. The lowest BCUT2D eigenvalue weighted by Gasteiger charge is -2.25. The number of nitrogens with zero attached hydrogens (tertiary/aromatic N) is 3. The molecule has 1 atom stereocenters. The molecular formula is C27H25N3O6. The number of hydrogen-bond donors (Lipinski definition) is 1. The van der Waals surface area contributed by atoms with Gasteiger partial charge in [-0.15, -0.1) is 0 Å². The monoisotopic (exact) mass is 487 g/mol. The molecule has 0 saturated carbocycles. The van der Waals surface area contributed by atoms with Crippen LogP contribution in [0.25, 0.3) is 5.76 Å². The van der Waals surface area contributed by atoms with E-state index in [1.54, 1.807) is 48.8 Å². The number of pyridine rings is 1. The zero-order valence-electron chi connectivity index (χ0n) is 19.9. The van der Waals surface area contributed by atoms with Gasteiger partial charge in [0, 0.05) is 36.6 Å². The molecule has 1 saturated heterocycles. The number of non-ortho nitro benzene ring substituents is 1. The van der Waals surface area contributed by atoms with E-state index in [0.29, 0.717) is 29.0 Å². The second-order valence-electron chi connectivity index (χ2n) is 8.47. The molecule has 36 heavy (non-hydrogen) atoms. The molecule has 9 heteroatoms. The molecule has 0 unspecified atom stereocenters. The zero-order valence-corrected chi connectivity index (χ0v) is 19.9. The second-order valence-corrected chi connectivity index (χ2v) is 8.47. The molecule has 2 heterocycles. The van der Waals surface area contributed by atoms with Crippen molar-refractivity contribution in [3.05, 3.63) is 105 Å². The Morgan fingerprint density at radius 3 is 2.64 bits per heavy atom. The Balaban J connectivity index is 1.85. The normalized spacial score (nSPS) is 16.8. The number of hydrogen-bond acceptors (Lipinski definition) is 7. The first-order valence-electron chi connectivity index (χ1n) is 11.5. The van der Waals surface area contributed by atoms with E-state index < -0.39 is 22.7 Å². The third-order valence-electron chi connectivity index (χ3n) is 5.92. The van der Waals surface area contributed by atoms with Crippen molar-refractivity contribution < 1.29 is 24.4 Å². The number of nitro groups is 1. The predicted molar refractivity (Wildman–Crippen MR) is 132 cm³/mol. The summed E-state index contributed by atoms with van der Waals surface area (Å²) in [5.74, 6) is -1.38. The topological polar surface area (TPSA) is 123 Å². The first kappa shape index (κ1) is 24.6. The molecule has 3 aromatic rings. The van der Waals surface area contributed by atoms with Crippen molar-refractivity contribution in [2.75, 3.05) is 6.61 Å². The predicted octanol–water partition coefficient (Wildman–Crippen LogP) is 4.71. The number of aliphatic hydroxyl groups is 1. The summed E-state index contributed by atoms with van der Waals surface area (Å²) in [6, 6.07) is 13.2. The fraction of sp³-hybridized carbons (Fsp3) is 0.222. The van der Waals surface area contributed by atoms with Crippen LogP contribution in [0.4, 0.5) is 5.69 Å². The van der Waals surface area contributed by atoms with Gasteiger partial charge in [0.05, 0.1) is 23.1 Å². The molecule has 1 aromatic heterocycles. The third-order valence-corrected chi connectivity index (χ3v) is 5.92. The number of amides is 1. The van der Waals surface area contributed by atoms with Crippen molar-refractivity contribution in [1.82, 2.24) is 9.88 Å². The fourth-order valence-corrected chi connectivity index (χ4v) is 4.21. The average Bonchev–Trinajstić information content (AvgIpc) is 3.13. The number of aliphatic hydroxyl groups excluding tert-OH is 1. The van der Waals surface area contributed by atoms with Crippen LogP contribution in [0.1, 0.15) is 41.6 Å². The van der Waals surface area contributed by atoms with Crippen LogP contribution in [0.15, 0.2) is 72.6 Å². The van der Waals surface area contributed by atoms with E-state index in [1.807, 2.05) is 13.8 Å². The molecule has 1 aliphatic rings. The molecule has 1 N–H and O–H groups in total. The number of Topliss-reactive ketones (excluding diaryl/α,β-unsaturated/α-hetero) is 1. The Kier molecular flexibility index (Phi) is 7.10. The number of likely N-dealkylation sites (tertiary alicyclic amines) is 1. The number of ketones is 1. The quantitative estimate of drug-likeness (QED) is 0.160. The molecule has 0 spiro atoms. The van der Waals surface area contributed by atoms with Gasteiger partial charge in [0.15, 0.2) is 0 Å². The van der Waals surface area contributed by atoms with E-state index in [2.05, 4.69) is 4.98 Å². The number of benzene rings is 2. The van der Waals surface area contributed by atoms with E-state index in [0.717, 1.165) is 12.0 Å². The first-order valence-corrected chi connectivity index (χ1v) is 11.5. The summed E-state index contributed by atoms with van der Waals surface area (Å²) in [7, 11) is 0. The maximum absolute atomic E-state index is 13.2. The Bertz CT molecular complexity index is 1350. The zero-order chi connectivity index (χ0) is 25.8. The standard InChI is InChI=1S/C27H25N3O6/c1-3-12-36-22-10-9-20(13-17(22)2)25(31)23-24(19-7-4-8-21(14-19)30(34)35)29(27(33)26(23)32)16-18-6-5-11-28-15-18/h4-11,13-15,24,31H,3,12,16H2,1-2H3/t24-/m0/s1. The van der Waals surface area contributed by atoms with Crippen LogP contribution >= 0.6 is 0 Å². The molecule has 4 rings (SSSR count). The molecule has 0 aliphatic carbocycles. The minimum atomic E-state index is -1.03. The number of aromatic nitrogens is 1. The molecule has 9 nitrogen and oxygen atoms in total. The fourth-order valence-electron chi connectivity index (χ4n) is 4.21. The minimum Gasteiger partial charge on any atom is -0.507 e. The Morgan fingerprint density at radius 1 is 1.17 bits per heavy atom. The van der Waals surface area contributed by atoms with Crippen LogP contribution in [-0.4, -0.2) is 38.2 Å². The third kappa shape index (κ3) is 4.81. The summed E-state index contributed by atoms with van der Waals surface area (Å²) in [6.45, 7) is 4.39. The van der Waals surface area contributed by atoms with Gasteiger partial charge in [0.1, 0.15) is 11.5 Å². The van der Waals surface area contributed by atoms with Gasteiger partial charge in [-0.25, -0.2) is 0 Å². The smallest absolute Gasteiger partial charge is 0.295 e. The van der Waals surface area contributed by atoms with E-state index in [1.165, 1.54) is 23.1 Å². The van der Waals surface area contributed by atoms with Crippen molar-refractivity contribution in [2.45, 2.75) is 32.9 Å². The summed E-state index contributed by atoms with van der Waals surface area (Å²) in [4.78, 5) is 42.6.